The van der Waals surface area contributed by atoms with Gasteiger partial charge >= 0.3 is 24.3 Å². The molecule has 5 aliphatic rings. The molecule has 1 atom stereocenters. The second-order valence-corrected chi connectivity index (χ2v) is 24.6. The summed E-state index contributed by atoms with van der Waals surface area (Å²) in [5.74, 6) is 1.87. The summed E-state index contributed by atoms with van der Waals surface area (Å²) in [5.41, 5.74) is -1.35. The minimum absolute atomic E-state index is 0.0551. The first kappa shape index (κ1) is 58.8. The number of carbonyl (C=O) groups is 2. The summed E-state index contributed by atoms with van der Waals surface area (Å²) in [6, 6.07) is 35.3. The number of anilines is 1. The van der Waals surface area contributed by atoms with Crippen LogP contribution in [0.1, 0.15) is 147 Å². The topological polar surface area (TPSA) is 83.5 Å². The number of nitrogens with zero attached hydrogens (tertiary/aromatic N) is 1. The fourth-order valence-electron chi connectivity index (χ4n) is 14.6. The lowest BCUT2D eigenvalue weighted by Crippen LogP contribution is -2.37. The van der Waals surface area contributed by atoms with Crippen molar-refractivity contribution in [1.29, 1.82) is 0 Å². The number of esters is 2. The minimum atomic E-state index is -5.18. The Morgan fingerprint density at radius 2 is 1.29 bits per heavy atom. The summed E-state index contributed by atoms with van der Waals surface area (Å²) < 4.78 is 121. The molecule has 3 aliphatic carbocycles. The average Bonchev–Trinajstić information content (AvgIpc) is 1.49. The van der Waals surface area contributed by atoms with Crippen molar-refractivity contribution in [3.8, 4) is 45.3 Å². The van der Waals surface area contributed by atoms with E-state index in [1.807, 2.05) is 72.8 Å². The molecule has 0 radical (unpaired) electrons. The molecule has 0 aromatic heterocycles. The van der Waals surface area contributed by atoms with E-state index in [1.54, 1.807) is 62.4 Å². The molecule has 1 unspecified atom stereocenters. The van der Waals surface area contributed by atoms with Crippen molar-refractivity contribution in [3.05, 3.63) is 178 Å². The lowest BCUT2D eigenvalue weighted by atomic mass is 9.68. The van der Waals surface area contributed by atoms with Gasteiger partial charge in [-0.3, -0.25) is 4.79 Å². The maximum Gasteiger partial charge on any atom is 0.416 e. The molecule has 3 fully saturated rings. The van der Waals surface area contributed by atoms with Crippen molar-refractivity contribution in [2.24, 2.45) is 23.7 Å². The SMILES string of the molecule is CCCCCC1CCC(C2CCC(C(=O)Oc3ccc(-c4ccc(C(=O)Oc5cc6c7c(c8c(c6cc5OC)OC(c5ccccc5)(c5ccc(N6CCOCC6)cc5)C=C8)C(C)(C)c5c-7cc(C(F)(F)F)cc5C(F)(F)F)cc4)cc3)CC2)CC1. The molecule has 0 N–H and O–H groups in total. The highest BCUT2D eigenvalue weighted by molar-refractivity contribution is 6.10. The number of alkyl halides is 6. The highest BCUT2D eigenvalue weighted by Gasteiger charge is 2.50. The predicted molar refractivity (Wildman–Crippen MR) is 322 cm³/mol. The Morgan fingerprint density at radius 1 is 0.663 bits per heavy atom. The van der Waals surface area contributed by atoms with Crippen molar-refractivity contribution in [3.63, 3.8) is 0 Å². The lowest BCUT2D eigenvalue weighted by Gasteiger charge is -2.39. The summed E-state index contributed by atoms with van der Waals surface area (Å²) in [7, 11) is 1.37. The maximum absolute atomic E-state index is 15.3. The van der Waals surface area contributed by atoms with Crippen LogP contribution in [0.15, 0.2) is 133 Å². The lowest BCUT2D eigenvalue weighted by molar-refractivity contribution is -0.144. The molecule has 0 amide bonds. The number of unbranched alkanes of at least 4 members (excludes halogenated alkanes) is 2. The van der Waals surface area contributed by atoms with Gasteiger partial charge in [0.2, 0.25) is 0 Å². The van der Waals surface area contributed by atoms with Gasteiger partial charge in [-0.1, -0.05) is 132 Å². The number of ether oxygens (including phenoxy) is 5. The van der Waals surface area contributed by atoms with Crippen LogP contribution in [0.2, 0.25) is 0 Å². The summed E-state index contributed by atoms with van der Waals surface area (Å²) >= 11 is 0. The Kier molecular flexibility index (Phi) is 16.1. The van der Waals surface area contributed by atoms with E-state index in [0.717, 1.165) is 71.5 Å². The van der Waals surface area contributed by atoms with Crippen LogP contribution in [0.5, 0.6) is 23.0 Å². The number of hydrogen-bond acceptors (Lipinski definition) is 8. The Morgan fingerprint density at radius 3 is 1.92 bits per heavy atom. The van der Waals surface area contributed by atoms with E-state index in [0.29, 0.717) is 54.5 Å². The van der Waals surface area contributed by atoms with E-state index in [2.05, 4.69) is 11.8 Å². The van der Waals surface area contributed by atoms with E-state index < -0.39 is 40.5 Å². The highest BCUT2D eigenvalue weighted by Crippen LogP contribution is 2.62. The largest absolute Gasteiger partial charge is 0.493 e. The first-order valence-corrected chi connectivity index (χ1v) is 30.4. The number of benzene rings is 7. The van der Waals surface area contributed by atoms with Gasteiger partial charge in [-0.2, -0.15) is 26.3 Å². The fourth-order valence-corrected chi connectivity index (χ4v) is 14.6. The van der Waals surface area contributed by atoms with Crippen LogP contribution < -0.4 is 23.8 Å². The Balaban J connectivity index is 0.838. The fraction of sp³-hybridized carbons (Fsp3) is 0.389. The summed E-state index contributed by atoms with van der Waals surface area (Å²) in [6.45, 7) is 8.02. The first-order valence-electron chi connectivity index (χ1n) is 30.4. The number of carbonyl (C=O) groups excluding carboxylic acids is 2. The van der Waals surface area contributed by atoms with Gasteiger partial charge in [0.1, 0.15) is 11.5 Å². The van der Waals surface area contributed by atoms with Crippen molar-refractivity contribution >= 4 is 34.5 Å². The van der Waals surface area contributed by atoms with Gasteiger partial charge in [0.25, 0.3) is 0 Å². The number of methoxy groups -OCH3 is 1. The second-order valence-electron chi connectivity index (χ2n) is 24.6. The number of fused-ring (bicyclic) bond motifs is 8. The van der Waals surface area contributed by atoms with Crippen LogP contribution in [-0.2, 0) is 32.9 Å². The van der Waals surface area contributed by atoms with E-state index in [9.17, 15) is 22.8 Å². The second kappa shape index (κ2) is 23.6. The van der Waals surface area contributed by atoms with Crippen LogP contribution in [0.25, 0.3) is 39.1 Å². The zero-order chi connectivity index (χ0) is 60.1. The molecule has 448 valence electrons. The molecule has 7 aromatic rings. The zero-order valence-electron chi connectivity index (χ0n) is 49.0. The monoisotopic (exact) mass is 1180 g/mol. The molecule has 86 heavy (non-hydrogen) atoms. The third kappa shape index (κ3) is 11.3. The Labute approximate surface area is 498 Å². The van der Waals surface area contributed by atoms with Gasteiger partial charge in [0, 0.05) is 46.3 Å². The molecule has 1 saturated heterocycles. The molecule has 2 aliphatic heterocycles. The van der Waals surface area contributed by atoms with Crippen LogP contribution >= 0.6 is 0 Å². The zero-order valence-corrected chi connectivity index (χ0v) is 49.0. The average molecular weight is 1180 g/mol. The maximum atomic E-state index is 15.3. The molecule has 12 rings (SSSR count). The van der Waals surface area contributed by atoms with E-state index in [4.69, 9.17) is 23.7 Å². The van der Waals surface area contributed by atoms with Gasteiger partial charge in [0.05, 0.1) is 42.9 Å². The van der Waals surface area contributed by atoms with Crippen molar-refractivity contribution in [2.75, 3.05) is 38.3 Å². The van der Waals surface area contributed by atoms with Gasteiger partial charge in [0.15, 0.2) is 17.1 Å². The Hall–Kier alpha value is -7.58. The van der Waals surface area contributed by atoms with Gasteiger partial charge in [-0.05, 0) is 162 Å². The number of halogens is 6. The number of hydrogen-bond donors (Lipinski definition) is 0. The number of rotatable bonds is 14. The van der Waals surface area contributed by atoms with Gasteiger partial charge in [-0.25, -0.2) is 4.79 Å². The predicted octanol–water partition coefficient (Wildman–Crippen LogP) is 18.4. The van der Waals surface area contributed by atoms with E-state index in [1.165, 1.54) is 64.5 Å². The summed E-state index contributed by atoms with van der Waals surface area (Å²) in [6.07, 6.45) is 7.82. The van der Waals surface area contributed by atoms with Crippen LogP contribution in [0.4, 0.5) is 32.0 Å². The first-order chi connectivity index (χ1) is 41.3. The van der Waals surface area contributed by atoms with Crippen molar-refractivity contribution < 1.29 is 59.6 Å². The van der Waals surface area contributed by atoms with E-state index >= 15 is 13.2 Å². The summed E-state index contributed by atoms with van der Waals surface area (Å²) in [5, 5.41) is 0.478. The van der Waals surface area contributed by atoms with Crippen molar-refractivity contribution in [1.82, 2.24) is 0 Å². The smallest absolute Gasteiger partial charge is 0.416 e. The molecular formula is C72H71F6NO7. The normalized spacial score (nSPS) is 21.7. The third-order valence-corrected chi connectivity index (χ3v) is 19.1. The number of morpholine rings is 1. The molecule has 8 nitrogen and oxygen atoms in total. The quantitative estimate of drug-likeness (QED) is 0.0461. The van der Waals surface area contributed by atoms with Crippen LogP contribution in [0.3, 0.4) is 0 Å². The molecule has 2 heterocycles. The molecule has 14 heteroatoms. The summed E-state index contributed by atoms with van der Waals surface area (Å²) in [4.78, 5) is 29.9. The third-order valence-electron chi connectivity index (χ3n) is 19.1. The van der Waals surface area contributed by atoms with Crippen LogP contribution in [-0.4, -0.2) is 45.4 Å². The molecule has 0 bridgehead atoms. The molecular weight excluding hydrogens is 1100 g/mol. The van der Waals surface area contributed by atoms with Crippen molar-refractivity contribution in [2.45, 2.75) is 121 Å². The highest BCUT2D eigenvalue weighted by atomic mass is 19.4. The standard InChI is InChI=1S/C72H71F6NO7/c1-5-6-8-11-44-14-16-45(17-15-44)46-18-22-49(23-19-46)67(80)84-55-32-26-48(27-33-55)47-20-24-50(25-21-47)68(81)85-62-42-57-58(43-61(62)82-4)66-56(65-63(57)59-40-53(71(73,74)75)41-60(72(76,77)78)64(59)69(65,2)3)34-35-70(86-66,51-12-9-7-10-13-51)52-28-30-54(31-29-52)79-36-38-83-39-37-79/h7,9-10,12-13,20-21,24-35,40-46,49H,5-6,8,11,14-19,22-23,36-39H2,1-4H3. The van der Waals surface area contributed by atoms with Crippen LogP contribution in [0, 0.1) is 23.7 Å². The Bertz CT molecular complexity index is 3670. The van der Waals surface area contributed by atoms with E-state index in [-0.39, 0.29) is 62.8 Å². The van der Waals surface area contributed by atoms with Gasteiger partial charge < -0.3 is 28.6 Å². The molecule has 2 saturated carbocycles. The molecule has 0 spiro atoms. The van der Waals surface area contributed by atoms with Gasteiger partial charge in [-0.15, -0.1) is 0 Å². The molecule has 7 aromatic carbocycles. The minimum Gasteiger partial charge on any atom is -0.493 e.